The van der Waals surface area contributed by atoms with Crippen molar-refractivity contribution in [1.29, 1.82) is 0 Å². The van der Waals surface area contributed by atoms with Gasteiger partial charge in [0.05, 0.1) is 15.5 Å². The molecule has 108 valence electrons. The maximum atomic E-state index is 11.1. The van der Waals surface area contributed by atoms with E-state index in [9.17, 15) is 14.9 Å². The highest BCUT2D eigenvalue weighted by Crippen LogP contribution is 2.39. The van der Waals surface area contributed by atoms with Gasteiger partial charge < -0.3 is 5.32 Å². The number of rotatable bonds is 5. The minimum absolute atomic E-state index is 0.0544. The first kappa shape index (κ1) is 15.1. The van der Waals surface area contributed by atoms with Crippen LogP contribution in [0, 0.1) is 24.0 Å². The quantitative estimate of drug-likeness (QED) is 0.516. The average molecular weight is 302 g/mol. The molecule has 21 heavy (non-hydrogen) atoms. The maximum Gasteiger partial charge on any atom is 0.283 e. The maximum absolute atomic E-state index is 11.1. The Balaban J connectivity index is 2.49. The number of nitro groups is 1. The van der Waals surface area contributed by atoms with Gasteiger partial charge in [-0.15, -0.1) is 0 Å². The van der Waals surface area contributed by atoms with Crippen LogP contribution in [0.5, 0.6) is 0 Å². The number of nitrogens with one attached hydrogen (secondary N) is 1. The fourth-order valence-corrected chi connectivity index (χ4v) is 3.26. The Kier molecular flexibility index (Phi) is 4.59. The monoisotopic (exact) mass is 302 g/mol. The summed E-state index contributed by atoms with van der Waals surface area (Å²) in [5, 5.41) is 13.7. The summed E-state index contributed by atoms with van der Waals surface area (Å²) in [4.78, 5) is 22.8. The third-order valence-corrected chi connectivity index (χ3v) is 4.04. The summed E-state index contributed by atoms with van der Waals surface area (Å²) in [6.45, 7) is 3.84. The van der Waals surface area contributed by atoms with Gasteiger partial charge in [0.25, 0.3) is 5.69 Å². The fourth-order valence-electron chi connectivity index (χ4n) is 2.07. The number of anilines is 1. The first-order valence-electron chi connectivity index (χ1n) is 6.25. The summed E-state index contributed by atoms with van der Waals surface area (Å²) in [6, 6.07) is 10.4. The first-order chi connectivity index (χ1) is 10.0. The predicted octanol–water partition coefficient (Wildman–Crippen LogP) is 3.93. The van der Waals surface area contributed by atoms with Gasteiger partial charge in [0.15, 0.2) is 0 Å². The molecule has 1 amide bonds. The zero-order valence-corrected chi connectivity index (χ0v) is 12.4. The molecule has 2 aromatic rings. The number of carbonyl (C=O) groups is 1. The van der Waals surface area contributed by atoms with E-state index in [4.69, 9.17) is 0 Å². The molecule has 0 heterocycles. The summed E-state index contributed by atoms with van der Waals surface area (Å²) in [5.74, 6) is 0. The highest BCUT2D eigenvalue weighted by molar-refractivity contribution is 7.99. The Hall–Kier alpha value is -2.34. The second-order valence-electron chi connectivity index (χ2n) is 4.54. The second-order valence-corrected chi connectivity index (χ2v) is 5.63. The third kappa shape index (κ3) is 3.41. The lowest BCUT2D eigenvalue weighted by atomic mass is 10.1. The van der Waals surface area contributed by atoms with E-state index in [2.05, 4.69) is 5.32 Å². The minimum atomic E-state index is -0.405. The van der Waals surface area contributed by atoms with Crippen LogP contribution in [-0.2, 0) is 4.79 Å². The van der Waals surface area contributed by atoms with Gasteiger partial charge in [0, 0.05) is 11.0 Å². The number of amides is 1. The smallest absolute Gasteiger partial charge is 0.283 e. The second kappa shape index (κ2) is 6.41. The molecule has 2 aromatic carbocycles. The van der Waals surface area contributed by atoms with E-state index in [-0.39, 0.29) is 5.69 Å². The van der Waals surface area contributed by atoms with Gasteiger partial charge in [0.2, 0.25) is 6.41 Å². The number of hydrogen-bond donors (Lipinski definition) is 1. The molecule has 0 aliphatic carbocycles. The summed E-state index contributed by atoms with van der Waals surface area (Å²) >= 11 is 1.27. The molecule has 2 rings (SSSR count). The lowest BCUT2D eigenvalue weighted by Gasteiger charge is -2.12. The molecule has 0 aliphatic heterocycles. The van der Waals surface area contributed by atoms with Crippen LogP contribution >= 0.6 is 11.8 Å². The van der Waals surface area contributed by atoms with Crippen molar-refractivity contribution in [2.24, 2.45) is 0 Å². The normalized spacial score (nSPS) is 10.2. The van der Waals surface area contributed by atoms with Crippen molar-refractivity contribution in [3.8, 4) is 0 Å². The van der Waals surface area contributed by atoms with Gasteiger partial charge in [-0.25, -0.2) is 0 Å². The van der Waals surface area contributed by atoms with Crippen molar-refractivity contribution >= 4 is 29.5 Å². The highest BCUT2D eigenvalue weighted by atomic mass is 32.2. The van der Waals surface area contributed by atoms with Crippen molar-refractivity contribution in [1.82, 2.24) is 0 Å². The van der Waals surface area contributed by atoms with Crippen molar-refractivity contribution in [3.63, 3.8) is 0 Å². The molecule has 5 nitrogen and oxygen atoms in total. The Bertz CT molecular complexity index is 701. The van der Waals surface area contributed by atoms with Crippen LogP contribution in [0.25, 0.3) is 0 Å². The van der Waals surface area contributed by atoms with Crippen LogP contribution in [0.1, 0.15) is 11.1 Å². The third-order valence-electron chi connectivity index (χ3n) is 2.93. The molecule has 0 bridgehead atoms. The van der Waals surface area contributed by atoms with Gasteiger partial charge in [-0.1, -0.05) is 30.0 Å². The SMILES string of the molecule is Cc1cc(C)c(NC=O)c(Sc2ccccc2[N+](=O)[O-])c1. The molecule has 0 aromatic heterocycles. The van der Waals surface area contributed by atoms with E-state index in [1.807, 2.05) is 26.0 Å². The standard InChI is InChI=1S/C15H14N2O3S/c1-10-7-11(2)15(16-9-18)14(8-10)21-13-6-4-3-5-12(13)17(19)20/h3-9H,1-2H3,(H,16,18). The predicted molar refractivity (Wildman–Crippen MR) is 82.8 cm³/mol. The number of nitrogens with zero attached hydrogens (tertiary/aromatic N) is 1. The summed E-state index contributed by atoms with van der Waals surface area (Å²) in [6.07, 6.45) is 0.612. The molecular formula is C15H14N2O3S. The molecule has 6 heteroatoms. The topological polar surface area (TPSA) is 72.2 Å². The van der Waals surface area contributed by atoms with E-state index in [1.54, 1.807) is 18.2 Å². The first-order valence-corrected chi connectivity index (χ1v) is 7.07. The van der Waals surface area contributed by atoms with Crippen LogP contribution < -0.4 is 5.32 Å². The van der Waals surface area contributed by atoms with Gasteiger partial charge in [-0.05, 0) is 37.1 Å². The average Bonchev–Trinajstić information content (AvgIpc) is 2.43. The van der Waals surface area contributed by atoms with Crippen LogP contribution in [0.2, 0.25) is 0 Å². The van der Waals surface area contributed by atoms with E-state index in [1.165, 1.54) is 17.8 Å². The molecule has 0 spiro atoms. The molecule has 1 N–H and O–H groups in total. The highest BCUT2D eigenvalue weighted by Gasteiger charge is 2.16. The van der Waals surface area contributed by atoms with Crippen molar-refractivity contribution < 1.29 is 9.72 Å². The van der Waals surface area contributed by atoms with Gasteiger partial charge in [0.1, 0.15) is 0 Å². The Morgan fingerprint density at radius 2 is 1.90 bits per heavy atom. The van der Waals surface area contributed by atoms with E-state index >= 15 is 0 Å². The van der Waals surface area contributed by atoms with Gasteiger partial charge in [-0.3, -0.25) is 14.9 Å². The number of para-hydroxylation sites is 1. The van der Waals surface area contributed by atoms with Gasteiger partial charge in [-0.2, -0.15) is 0 Å². The molecule has 0 fully saturated rings. The van der Waals surface area contributed by atoms with Crippen LogP contribution in [-0.4, -0.2) is 11.3 Å². The van der Waals surface area contributed by atoms with E-state index in [0.717, 1.165) is 16.0 Å². The van der Waals surface area contributed by atoms with Crippen LogP contribution in [0.3, 0.4) is 0 Å². The fraction of sp³-hybridized carbons (Fsp3) is 0.133. The van der Waals surface area contributed by atoms with E-state index in [0.29, 0.717) is 17.0 Å². The molecule has 0 unspecified atom stereocenters. The van der Waals surface area contributed by atoms with Crippen molar-refractivity contribution in [3.05, 3.63) is 57.6 Å². The molecule has 0 saturated carbocycles. The number of nitro benzene ring substituents is 1. The number of hydrogen-bond acceptors (Lipinski definition) is 4. The molecule has 0 saturated heterocycles. The lowest BCUT2D eigenvalue weighted by molar-refractivity contribution is -0.387. The van der Waals surface area contributed by atoms with Crippen LogP contribution in [0.15, 0.2) is 46.2 Å². The molecule has 0 radical (unpaired) electrons. The zero-order chi connectivity index (χ0) is 15.4. The molecule has 0 aliphatic rings. The van der Waals surface area contributed by atoms with E-state index < -0.39 is 4.92 Å². The molecular weight excluding hydrogens is 288 g/mol. The Morgan fingerprint density at radius 1 is 1.19 bits per heavy atom. The van der Waals surface area contributed by atoms with Crippen molar-refractivity contribution in [2.75, 3.05) is 5.32 Å². The van der Waals surface area contributed by atoms with Gasteiger partial charge >= 0.3 is 0 Å². The van der Waals surface area contributed by atoms with Crippen LogP contribution in [0.4, 0.5) is 11.4 Å². The number of carbonyl (C=O) groups excluding carboxylic acids is 1. The summed E-state index contributed by atoms with van der Waals surface area (Å²) in [7, 11) is 0. The van der Waals surface area contributed by atoms with Crippen molar-refractivity contribution in [2.45, 2.75) is 23.6 Å². The summed E-state index contributed by atoms with van der Waals surface area (Å²) < 4.78 is 0. The molecule has 0 atom stereocenters. The zero-order valence-electron chi connectivity index (χ0n) is 11.6. The Labute approximate surface area is 126 Å². The largest absolute Gasteiger partial charge is 0.327 e. The minimum Gasteiger partial charge on any atom is -0.327 e. The lowest BCUT2D eigenvalue weighted by Crippen LogP contribution is -1.99. The Morgan fingerprint density at radius 3 is 2.57 bits per heavy atom. The summed E-state index contributed by atoms with van der Waals surface area (Å²) in [5.41, 5.74) is 2.69. The number of benzene rings is 2. The number of aryl methyl sites for hydroxylation is 2.